The summed E-state index contributed by atoms with van der Waals surface area (Å²) >= 11 is 0. The first kappa shape index (κ1) is 39.1. The number of rotatable bonds is 9. The minimum Gasteiger partial charge on any atom is -0.496 e. The smallest absolute Gasteiger partial charge is 0.269 e. The van der Waals surface area contributed by atoms with Crippen molar-refractivity contribution in [1.29, 1.82) is 0 Å². The van der Waals surface area contributed by atoms with E-state index in [9.17, 15) is 19.2 Å². The number of alkyl halides is 2. The summed E-state index contributed by atoms with van der Waals surface area (Å²) in [6.45, 7) is 4.07. The molecule has 2 aromatic heterocycles. The minimum absolute atomic E-state index is 0.115. The molecule has 9 rings (SSSR count). The lowest BCUT2D eigenvalue weighted by Gasteiger charge is -2.58. The van der Waals surface area contributed by atoms with Crippen molar-refractivity contribution in [3.8, 4) is 22.6 Å². The van der Waals surface area contributed by atoms with Crippen molar-refractivity contribution in [1.82, 2.24) is 29.6 Å². The molecular formula is C44H49F2N7O6. The number of imide groups is 1. The van der Waals surface area contributed by atoms with Gasteiger partial charge in [-0.15, -0.1) is 0 Å². The van der Waals surface area contributed by atoms with E-state index in [2.05, 4.69) is 15.2 Å². The standard InChI is InChI=1S/C44H49F2N7O6/c1-49-22-34(32-8-12-47-19-33(32)41(49)56)28-17-37(58-2)35(38(18-28)59-3)23-50-13-9-27(10-14-50)20-51-15-11-43(44(45,46)26-51)24-52(25-43)30-4-5-31-29(16-30)21-53(42(31)57)36-6-7-39(54)48-40(36)55/h4-5,8,12,16-19,22,27,36H,6-7,9-11,13-15,20-21,23-26H2,1-3H3,(H,48,54,55). The Morgan fingerprint density at radius 3 is 2.32 bits per heavy atom. The van der Waals surface area contributed by atoms with Crippen molar-refractivity contribution in [2.24, 2.45) is 18.4 Å². The molecule has 3 amide bonds. The molecule has 1 atom stereocenters. The van der Waals surface area contributed by atoms with E-state index < -0.39 is 23.3 Å². The van der Waals surface area contributed by atoms with Crippen molar-refractivity contribution in [2.45, 2.75) is 57.2 Å². The highest BCUT2D eigenvalue weighted by atomic mass is 19.3. The summed E-state index contributed by atoms with van der Waals surface area (Å²) < 4.78 is 45.5. The lowest BCUT2D eigenvalue weighted by Crippen LogP contribution is -2.70. The number of aromatic nitrogens is 2. The fourth-order valence-corrected chi connectivity index (χ4v) is 10.0. The maximum Gasteiger partial charge on any atom is 0.269 e. The summed E-state index contributed by atoms with van der Waals surface area (Å²) in [6, 6.07) is 10.6. The Bertz CT molecular complexity index is 2380. The summed E-state index contributed by atoms with van der Waals surface area (Å²) in [7, 11) is 5.02. The zero-order valence-electron chi connectivity index (χ0n) is 33.6. The molecule has 13 nitrogen and oxygen atoms in total. The normalized spacial score (nSPS) is 22.1. The van der Waals surface area contributed by atoms with Gasteiger partial charge in [-0.1, -0.05) is 0 Å². The van der Waals surface area contributed by atoms with Crippen LogP contribution in [-0.2, 0) is 29.7 Å². The van der Waals surface area contributed by atoms with Crippen molar-refractivity contribution in [2.75, 3.05) is 64.9 Å². The van der Waals surface area contributed by atoms with E-state index in [-0.39, 0.29) is 56.4 Å². The molecule has 1 spiro atoms. The van der Waals surface area contributed by atoms with Crippen molar-refractivity contribution in [3.63, 3.8) is 0 Å². The Labute approximate surface area is 340 Å². The molecule has 0 radical (unpaired) electrons. The third-order valence-corrected chi connectivity index (χ3v) is 13.5. The number of hydrogen-bond acceptors (Lipinski definition) is 10. The number of likely N-dealkylation sites (tertiary alicyclic amines) is 2. The van der Waals surface area contributed by atoms with Gasteiger partial charge in [0.25, 0.3) is 17.4 Å². The summed E-state index contributed by atoms with van der Waals surface area (Å²) in [4.78, 5) is 62.0. The Kier molecular flexibility index (Phi) is 9.94. The first-order valence-electron chi connectivity index (χ1n) is 20.4. The van der Waals surface area contributed by atoms with Crippen molar-refractivity contribution >= 4 is 34.2 Å². The number of carbonyl (C=O) groups is 3. The first-order chi connectivity index (χ1) is 28.4. The lowest BCUT2D eigenvalue weighted by atomic mass is 9.68. The van der Waals surface area contributed by atoms with Crippen LogP contribution in [0, 0.1) is 11.3 Å². The number of methoxy groups -OCH3 is 2. The largest absolute Gasteiger partial charge is 0.496 e. The van der Waals surface area contributed by atoms with Gasteiger partial charge >= 0.3 is 0 Å². The average Bonchev–Trinajstić information content (AvgIpc) is 3.53. The van der Waals surface area contributed by atoms with Crippen LogP contribution in [0.25, 0.3) is 21.9 Å². The number of pyridine rings is 2. The number of anilines is 1. The topological polar surface area (TPSA) is 130 Å². The minimum atomic E-state index is -2.84. The number of hydrogen-bond donors (Lipinski definition) is 1. The van der Waals surface area contributed by atoms with E-state index in [1.807, 2.05) is 46.3 Å². The molecule has 0 aliphatic carbocycles. The van der Waals surface area contributed by atoms with Gasteiger partial charge in [-0.25, -0.2) is 8.78 Å². The van der Waals surface area contributed by atoms with Gasteiger partial charge in [-0.3, -0.25) is 39.3 Å². The SMILES string of the molecule is COc1cc(-c2cn(C)c(=O)c3cnccc23)cc(OC)c1CN1CCC(CN2CCC3(CN(c4ccc5c(c4)CN(C4CCC(=O)NC4=O)C5=O)C3)C(F)(F)C2)CC1. The van der Waals surface area contributed by atoms with Crippen LogP contribution in [0.3, 0.4) is 0 Å². The molecule has 1 N–H and O–H groups in total. The van der Waals surface area contributed by atoms with E-state index in [1.165, 1.54) is 4.90 Å². The second-order valence-electron chi connectivity index (χ2n) is 17.0. The maximum atomic E-state index is 16.1. The Hall–Kier alpha value is -5.41. The zero-order valence-corrected chi connectivity index (χ0v) is 33.6. The number of piperidine rings is 3. The Balaban J connectivity index is 0.792. The second kappa shape index (κ2) is 15.0. The third kappa shape index (κ3) is 6.91. The summed E-state index contributed by atoms with van der Waals surface area (Å²) in [6.07, 6.45) is 7.80. The summed E-state index contributed by atoms with van der Waals surface area (Å²) in [5.74, 6) is -2.17. The number of benzene rings is 2. The van der Waals surface area contributed by atoms with E-state index >= 15 is 8.78 Å². The van der Waals surface area contributed by atoms with Gasteiger partial charge in [-0.2, -0.15) is 0 Å². The number of nitrogens with zero attached hydrogens (tertiary/aromatic N) is 6. The predicted octanol–water partition coefficient (Wildman–Crippen LogP) is 4.44. The highest BCUT2D eigenvalue weighted by molar-refractivity contribution is 6.05. The molecule has 4 aromatic rings. The number of ether oxygens (including phenoxy) is 2. The monoisotopic (exact) mass is 809 g/mol. The maximum absolute atomic E-state index is 16.1. The fourth-order valence-electron chi connectivity index (χ4n) is 10.0. The Morgan fingerprint density at radius 1 is 0.881 bits per heavy atom. The van der Waals surface area contributed by atoms with Gasteiger partial charge < -0.3 is 23.8 Å². The molecule has 0 saturated carbocycles. The van der Waals surface area contributed by atoms with E-state index in [4.69, 9.17) is 9.47 Å². The van der Waals surface area contributed by atoms with E-state index in [0.29, 0.717) is 54.4 Å². The van der Waals surface area contributed by atoms with Crippen LogP contribution in [0.5, 0.6) is 11.5 Å². The fraction of sp³-hybridized carbons (Fsp3) is 0.477. The van der Waals surface area contributed by atoms with Crippen LogP contribution in [0.2, 0.25) is 0 Å². The molecule has 15 heteroatoms. The number of amides is 3. The van der Waals surface area contributed by atoms with Crippen LogP contribution < -0.4 is 25.2 Å². The molecule has 0 bridgehead atoms. The molecule has 4 saturated heterocycles. The van der Waals surface area contributed by atoms with Gasteiger partial charge in [0.05, 0.1) is 37.1 Å². The third-order valence-electron chi connectivity index (χ3n) is 13.5. The number of halogens is 2. The number of aryl methyl sites for hydroxylation is 1. The van der Waals surface area contributed by atoms with E-state index in [0.717, 1.165) is 59.3 Å². The number of nitrogens with one attached hydrogen (secondary N) is 1. The van der Waals surface area contributed by atoms with Crippen LogP contribution in [0.1, 0.15) is 53.6 Å². The average molecular weight is 810 g/mol. The summed E-state index contributed by atoms with van der Waals surface area (Å²) in [5.41, 5.74) is 3.56. The summed E-state index contributed by atoms with van der Waals surface area (Å²) in [5, 5.41) is 3.66. The van der Waals surface area contributed by atoms with Crippen molar-refractivity contribution in [3.05, 3.63) is 82.0 Å². The molecule has 2 aromatic carbocycles. The van der Waals surface area contributed by atoms with Gasteiger partial charge in [0.1, 0.15) is 17.5 Å². The van der Waals surface area contributed by atoms with Crippen LogP contribution in [0.15, 0.2) is 59.8 Å². The molecule has 7 heterocycles. The van der Waals surface area contributed by atoms with Gasteiger partial charge in [-0.05, 0) is 104 Å². The molecule has 5 aliphatic rings. The molecular weight excluding hydrogens is 761 g/mol. The van der Waals surface area contributed by atoms with Gasteiger partial charge in [0.15, 0.2) is 0 Å². The van der Waals surface area contributed by atoms with Crippen LogP contribution in [-0.4, -0.2) is 114 Å². The zero-order chi connectivity index (χ0) is 41.2. The lowest BCUT2D eigenvalue weighted by molar-refractivity contribution is -0.181. The Morgan fingerprint density at radius 2 is 1.63 bits per heavy atom. The first-order valence-corrected chi connectivity index (χ1v) is 20.4. The number of carbonyl (C=O) groups excluding carboxylic acids is 3. The van der Waals surface area contributed by atoms with Crippen LogP contribution >= 0.6 is 0 Å². The highest BCUT2D eigenvalue weighted by Gasteiger charge is 2.62. The molecule has 4 fully saturated rings. The molecule has 1 unspecified atom stereocenters. The van der Waals surface area contributed by atoms with Gasteiger partial charge in [0.2, 0.25) is 11.8 Å². The number of fused-ring (bicyclic) bond motifs is 2. The highest BCUT2D eigenvalue weighted by Crippen LogP contribution is 2.52. The predicted molar refractivity (Wildman–Crippen MR) is 217 cm³/mol. The quantitative estimate of drug-likeness (QED) is 0.243. The second-order valence-corrected chi connectivity index (χ2v) is 17.0. The molecule has 59 heavy (non-hydrogen) atoms. The van der Waals surface area contributed by atoms with Crippen LogP contribution in [0.4, 0.5) is 14.5 Å². The van der Waals surface area contributed by atoms with Crippen molar-refractivity contribution < 1.29 is 32.6 Å². The molecule has 5 aliphatic heterocycles. The van der Waals surface area contributed by atoms with E-state index in [1.54, 1.807) is 44.3 Å². The van der Waals surface area contributed by atoms with Gasteiger partial charge in [0, 0.05) is 81.6 Å². The molecule has 310 valence electrons.